The Morgan fingerprint density at radius 3 is 1.44 bits per heavy atom. The van der Waals surface area contributed by atoms with Crippen molar-refractivity contribution < 1.29 is 23.7 Å². The molecule has 0 N–H and O–H groups in total. The topological polar surface area (TPSA) is 93.7 Å². The highest BCUT2D eigenvalue weighted by Crippen LogP contribution is 2.44. The standard InChI is InChI=1S/C18H22Cl2N2O5/c1-3-23-5-6-25-8-10-27-18-14(12-22)13(11-21)17(15(19)16(18)20)26-9-7-24-4-2/h3-10H2,1-2H3. The van der Waals surface area contributed by atoms with Gasteiger partial charge in [0.15, 0.2) is 11.5 Å². The van der Waals surface area contributed by atoms with Crippen LogP contribution in [0.3, 0.4) is 0 Å². The van der Waals surface area contributed by atoms with E-state index in [0.717, 1.165) is 0 Å². The number of hydrogen-bond donors (Lipinski definition) is 0. The maximum absolute atomic E-state index is 9.47. The van der Waals surface area contributed by atoms with Gasteiger partial charge >= 0.3 is 0 Å². The minimum absolute atomic E-state index is 0.00735. The minimum atomic E-state index is -0.0346. The third kappa shape index (κ3) is 7.06. The van der Waals surface area contributed by atoms with Crippen LogP contribution in [0, 0.1) is 22.7 Å². The van der Waals surface area contributed by atoms with Crippen molar-refractivity contribution in [3.05, 3.63) is 21.2 Å². The Hall–Kier alpha value is -1.74. The molecule has 1 aromatic carbocycles. The van der Waals surface area contributed by atoms with Crippen molar-refractivity contribution in [1.29, 1.82) is 10.5 Å². The Balaban J connectivity index is 2.88. The fourth-order valence-electron chi connectivity index (χ4n) is 2.04. The third-order valence-corrected chi connectivity index (χ3v) is 4.07. The van der Waals surface area contributed by atoms with E-state index in [1.165, 1.54) is 0 Å². The van der Waals surface area contributed by atoms with Crippen LogP contribution in [0.4, 0.5) is 0 Å². The number of rotatable bonds is 13. The highest BCUT2D eigenvalue weighted by atomic mass is 35.5. The maximum Gasteiger partial charge on any atom is 0.158 e. The van der Waals surface area contributed by atoms with E-state index in [9.17, 15) is 10.5 Å². The summed E-state index contributed by atoms with van der Waals surface area (Å²) in [5.74, 6) is 0.0759. The predicted molar refractivity (Wildman–Crippen MR) is 101 cm³/mol. The summed E-state index contributed by atoms with van der Waals surface area (Å²) >= 11 is 12.5. The van der Waals surface area contributed by atoms with E-state index < -0.39 is 0 Å². The summed E-state index contributed by atoms with van der Waals surface area (Å²) in [6, 6.07) is 3.86. The van der Waals surface area contributed by atoms with Crippen LogP contribution in [-0.4, -0.2) is 52.9 Å². The number of hydrogen-bond acceptors (Lipinski definition) is 7. The average Bonchev–Trinajstić information content (AvgIpc) is 2.68. The molecule has 7 nitrogen and oxygen atoms in total. The third-order valence-electron chi connectivity index (χ3n) is 3.25. The van der Waals surface area contributed by atoms with Crippen molar-refractivity contribution in [2.75, 3.05) is 52.9 Å². The summed E-state index contributed by atoms with van der Waals surface area (Å²) in [5.41, 5.74) is -0.0664. The molecule has 0 unspecified atom stereocenters. The molecule has 0 aliphatic rings. The molecule has 0 fully saturated rings. The summed E-state index contributed by atoms with van der Waals surface area (Å²) in [6.45, 7) is 6.69. The zero-order valence-electron chi connectivity index (χ0n) is 15.3. The van der Waals surface area contributed by atoms with E-state index in [1.54, 1.807) is 0 Å². The molecule has 148 valence electrons. The molecule has 0 aliphatic heterocycles. The van der Waals surface area contributed by atoms with Crippen molar-refractivity contribution in [3.8, 4) is 23.6 Å². The lowest BCUT2D eigenvalue weighted by atomic mass is 10.1. The molecule has 0 amide bonds. The van der Waals surface area contributed by atoms with Crippen LogP contribution in [0.5, 0.6) is 11.5 Å². The minimum Gasteiger partial charge on any atom is -0.488 e. The molecule has 0 atom stereocenters. The fourth-order valence-corrected chi connectivity index (χ4v) is 2.51. The van der Waals surface area contributed by atoms with Gasteiger partial charge in [-0.15, -0.1) is 0 Å². The van der Waals surface area contributed by atoms with E-state index in [1.807, 2.05) is 26.0 Å². The van der Waals surface area contributed by atoms with Gasteiger partial charge < -0.3 is 23.7 Å². The van der Waals surface area contributed by atoms with Gasteiger partial charge in [0, 0.05) is 13.2 Å². The molecular weight excluding hydrogens is 395 g/mol. The smallest absolute Gasteiger partial charge is 0.158 e. The SMILES string of the molecule is CCOCCOCCOc1c(Cl)c(Cl)c(OCCOCC)c(C#N)c1C#N. The second-order valence-electron chi connectivity index (χ2n) is 4.96. The molecule has 0 saturated carbocycles. The summed E-state index contributed by atoms with van der Waals surface area (Å²) < 4.78 is 26.7. The predicted octanol–water partition coefficient (Wildman–Crippen LogP) is 3.58. The highest BCUT2D eigenvalue weighted by Gasteiger charge is 2.25. The van der Waals surface area contributed by atoms with Crippen molar-refractivity contribution in [3.63, 3.8) is 0 Å². The van der Waals surface area contributed by atoms with Gasteiger partial charge in [0.2, 0.25) is 0 Å². The second kappa shape index (κ2) is 13.4. The van der Waals surface area contributed by atoms with E-state index in [2.05, 4.69) is 0 Å². The zero-order valence-corrected chi connectivity index (χ0v) is 16.9. The summed E-state index contributed by atoms with van der Waals surface area (Å²) in [6.07, 6.45) is 0. The lowest BCUT2D eigenvalue weighted by Crippen LogP contribution is -2.12. The van der Waals surface area contributed by atoms with Gasteiger partial charge in [-0.3, -0.25) is 0 Å². The Bertz CT molecular complexity index is 686. The van der Waals surface area contributed by atoms with E-state index in [4.69, 9.17) is 46.9 Å². The van der Waals surface area contributed by atoms with Crippen LogP contribution in [0.2, 0.25) is 10.0 Å². The summed E-state index contributed by atoms with van der Waals surface area (Å²) in [5, 5.41) is 18.9. The van der Waals surface area contributed by atoms with Crippen LogP contribution >= 0.6 is 23.2 Å². The van der Waals surface area contributed by atoms with Gasteiger partial charge in [0.05, 0.1) is 26.4 Å². The number of nitriles is 2. The summed E-state index contributed by atoms with van der Waals surface area (Å²) in [4.78, 5) is 0. The Morgan fingerprint density at radius 2 is 1.04 bits per heavy atom. The summed E-state index contributed by atoms with van der Waals surface area (Å²) in [7, 11) is 0. The van der Waals surface area contributed by atoms with Crippen LogP contribution in [0.1, 0.15) is 25.0 Å². The number of nitrogens with zero attached hydrogens (tertiary/aromatic N) is 2. The van der Waals surface area contributed by atoms with Gasteiger partial charge in [-0.2, -0.15) is 10.5 Å². The Morgan fingerprint density at radius 1 is 0.667 bits per heavy atom. The number of halogens is 2. The molecule has 0 aliphatic carbocycles. The first kappa shape index (κ1) is 23.3. The van der Waals surface area contributed by atoms with E-state index in [-0.39, 0.29) is 52.5 Å². The van der Waals surface area contributed by atoms with E-state index in [0.29, 0.717) is 33.0 Å². The lowest BCUT2D eigenvalue weighted by molar-refractivity contribution is 0.0404. The largest absolute Gasteiger partial charge is 0.488 e. The van der Waals surface area contributed by atoms with Crippen molar-refractivity contribution in [2.24, 2.45) is 0 Å². The van der Waals surface area contributed by atoms with Crippen LogP contribution in [0.25, 0.3) is 0 Å². The van der Waals surface area contributed by atoms with Crippen LogP contribution in [-0.2, 0) is 14.2 Å². The molecule has 1 rings (SSSR count). The monoisotopic (exact) mass is 416 g/mol. The first-order valence-electron chi connectivity index (χ1n) is 8.46. The number of ether oxygens (including phenoxy) is 5. The highest BCUT2D eigenvalue weighted by molar-refractivity contribution is 6.44. The van der Waals surface area contributed by atoms with Gasteiger partial charge in [-0.1, -0.05) is 23.2 Å². The number of benzene rings is 1. The Labute approximate surface area is 169 Å². The molecule has 0 aromatic heterocycles. The average molecular weight is 417 g/mol. The second-order valence-corrected chi connectivity index (χ2v) is 5.72. The Kier molecular flexibility index (Phi) is 11.6. The molecular formula is C18H22Cl2N2O5. The molecule has 0 spiro atoms. The van der Waals surface area contributed by atoms with Gasteiger partial charge in [-0.05, 0) is 13.8 Å². The quantitative estimate of drug-likeness (QED) is 0.453. The molecule has 0 heterocycles. The lowest BCUT2D eigenvalue weighted by Gasteiger charge is -2.16. The first-order chi connectivity index (χ1) is 13.1. The van der Waals surface area contributed by atoms with Gasteiger partial charge in [0.25, 0.3) is 0 Å². The molecule has 0 bridgehead atoms. The van der Waals surface area contributed by atoms with Crippen LogP contribution < -0.4 is 9.47 Å². The fraction of sp³-hybridized carbons (Fsp3) is 0.556. The maximum atomic E-state index is 9.47. The van der Waals surface area contributed by atoms with Gasteiger partial charge in [-0.25, -0.2) is 0 Å². The first-order valence-corrected chi connectivity index (χ1v) is 9.21. The molecule has 27 heavy (non-hydrogen) atoms. The van der Waals surface area contributed by atoms with Crippen molar-refractivity contribution in [2.45, 2.75) is 13.8 Å². The van der Waals surface area contributed by atoms with Crippen molar-refractivity contribution >= 4 is 23.2 Å². The molecule has 0 saturated heterocycles. The molecule has 1 aromatic rings. The van der Waals surface area contributed by atoms with Gasteiger partial charge in [0.1, 0.15) is 46.5 Å². The van der Waals surface area contributed by atoms with Crippen molar-refractivity contribution in [1.82, 2.24) is 0 Å². The zero-order chi connectivity index (χ0) is 20.1. The normalized spacial score (nSPS) is 10.3. The molecule has 0 radical (unpaired) electrons. The molecule has 9 heteroatoms. The van der Waals surface area contributed by atoms with Crippen LogP contribution in [0.15, 0.2) is 0 Å². The van der Waals surface area contributed by atoms with E-state index >= 15 is 0 Å².